The van der Waals surface area contributed by atoms with Crippen LogP contribution in [-0.4, -0.2) is 110 Å². The first-order valence-corrected chi connectivity index (χ1v) is 50.7. The molecule has 0 saturated heterocycles. The van der Waals surface area contributed by atoms with Crippen molar-refractivity contribution in [1.82, 2.24) is 0 Å². The highest BCUT2D eigenvalue weighted by Crippen LogP contribution is 2.47. The second kappa shape index (κ2) is 56.0. The first kappa shape index (κ1) is 109. The Hall–Kier alpha value is -15.2. The van der Waals surface area contributed by atoms with E-state index in [-0.39, 0.29) is 96.2 Å². The fourth-order valence-corrected chi connectivity index (χ4v) is 19.2. The number of carbonyl (C=O) groups excluding carboxylic acids is 11. The van der Waals surface area contributed by atoms with Gasteiger partial charge in [0.05, 0.1) is 78.6 Å². The number of hydrogen-bond donors (Lipinski definition) is 0. The second-order valence-corrected chi connectivity index (χ2v) is 37.9. The van der Waals surface area contributed by atoms with Gasteiger partial charge in [0.25, 0.3) is 0 Å². The number of carbonyl (C=O) groups is 11. The molecule has 0 spiro atoms. The van der Waals surface area contributed by atoms with E-state index in [1.165, 1.54) is 57.4 Å². The van der Waals surface area contributed by atoms with E-state index in [1.807, 2.05) is 109 Å². The molecule has 6 saturated carbocycles. The Morgan fingerprint density at radius 2 is 0.669 bits per heavy atom. The topological polar surface area (TPSA) is 289 Å². The highest BCUT2D eigenvalue weighted by molar-refractivity contribution is 5.92. The molecule has 0 aromatic heterocycles. The van der Waals surface area contributed by atoms with E-state index < -0.39 is 83.5 Å². The maximum Gasteiger partial charge on any atom is 0.339 e. The average molecular weight is 1960 g/mol. The van der Waals surface area contributed by atoms with E-state index >= 15 is 0 Å². The molecule has 0 radical (unpaired) electrons. The average Bonchev–Trinajstić information content (AvgIpc) is 0.801. The van der Waals surface area contributed by atoms with E-state index in [2.05, 4.69) is 91.8 Å². The number of rotatable bonds is 34. The van der Waals surface area contributed by atoms with Gasteiger partial charge in [0.2, 0.25) is 6.79 Å². The fourth-order valence-electron chi connectivity index (χ4n) is 19.2. The molecule has 145 heavy (non-hydrogen) atoms. The molecule has 22 heteroatoms. The number of terminal acetylenes is 3. The summed E-state index contributed by atoms with van der Waals surface area (Å²) in [5.74, 6) is 29.8. The summed E-state index contributed by atoms with van der Waals surface area (Å²) in [5, 5.41) is 0. The number of ether oxygens (including phenoxy) is 11. The van der Waals surface area contributed by atoms with Crippen molar-refractivity contribution >= 4 is 65.7 Å². The van der Waals surface area contributed by atoms with Crippen LogP contribution < -0.4 is 14.2 Å². The monoisotopic (exact) mass is 1950 g/mol. The summed E-state index contributed by atoms with van der Waals surface area (Å²) < 4.78 is 60.6. The Morgan fingerprint density at radius 1 is 0.331 bits per heavy atom. The summed E-state index contributed by atoms with van der Waals surface area (Å²) >= 11 is 0. The zero-order valence-electron chi connectivity index (χ0n) is 82.6. The molecule has 0 atom stereocenters. The highest BCUT2D eigenvalue weighted by atomic mass is 16.7. The molecule has 0 bridgehead atoms. The van der Waals surface area contributed by atoms with Gasteiger partial charge < -0.3 is 52.1 Å². The largest absolute Gasteiger partial charge is 0.465 e. The summed E-state index contributed by atoms with van der Waals surface area (Å²) in [6, 6.07) is 48.6. The Kier molecular flexibility index (Phi) is 42.0. The third-order valence-corrected chi connectivity index (χ3v) is 28.0. The number of benzene rings is 7. The molecule has 6 fully saturated rings. The van der Waals surface area contributed by atoms with Crippen LogP contribution in [0.5, 0.6) is 17.2 Å². The Balaban J connectivity index is 0.000000261. The first-order valence-electron chi connectivity index (χ1n) is 50.7. The molecular weight excluding hydrogens is 1830 g/mol. The van der Waals surface area contributed by atoms with Gasteiger partial charge in [-0.1, -0.05) is 131 Å². The van der Waals surface area contributed by atoms with Crippen molar-refractivity contribution in [3.63, 3.8) is 0 Å². The lowest BCUT2D eigenvalue weighted by atomic mass is 9.67. The van der Waals surface area contributed by atoms with Gasteiger partial charge in [-0.2, -0.15) is 0 Å². The van der Waals surface area contributed by atoms with E-state index in [0.717, 1.165) is 87.1 Å². The van der Waals surface area contributed by atoms with Gasteiger partial charge in [0, 0.05) is 62.7 Å². The van der Waals surface area contributed by atoms with Crippen molar-refractivity contribution in [1.29, 1.82) is 0 Å². The Bertz CT molecular complexity index is 6080. The molecule has 6 aliphatic carbocycles. The number of hydrogen-bond acceptors (Lipinski definition) is 22. The van der Waals surface area contributed by atoms with Gasteiger partial charge >= 0.3 is 65.7 Å². The van der Waals surface area contributed by atoms with E-state index in [1.54, 1.807) is 48.5 Å². The van der Waals surface area contributed by atoms with Crippen LogP contribution in [-0.2, 0) is 81.0 Å². The molecule has 0 unspecified atom stereocenters. The van der Waals surface area contributed by atoms with Crippen LogP contribution in [0.15, 0.2) is 202 Å². The lowest BCUT2D eigenvalue weighted by Crippen LogP contribution is -2.40. The van der Waals surface area contributed by atoms with Crippen molar-refractivity contribution in [2.45, 2.75) is 230 Å². The van der Waals surface area contributed by atoms with Crippen molar-refractivity contribution in [2.24, 2.45) is 53.3 Å². The van der Waals surface area contributed by atoms with Gasteiger partial charge in [-0.25, -0.2) is 24.0 Å². The van der Waals surface area contributed by atoms with Gasteiger partial charge in [-0.05, 0) is 360 Å². The van der Waals surface area contributed by atoms with E-state index in [9.17, 15) is 52.7 Å². The predicted octanol–water partition coefficient (Wildman–Crippen LogP) is 21.4. The van der Waals surface area contributed by atoms with Gasteiger partial charge in [0.15, 0.2) is 11.2 Å². The molecular formula is C123H126O22. The van der Waals surface area contributed by atoms with Crippen LogP contribution in [0.3, 0.4) is 0 Å². The Morgan fingerprint density at radius 3 is 1.06 bits per heavy atom. The minimum Gasteiger partial charge on any atom is -0.465 e. The quantitative estimate of drug-likeness (QED) is 0.00688. The molecule has 0 heterocycles. The lowest BCUT2D eigenvalue weighted by Gasteiger charge is -2.41. The smallest absolute Gasteiger partial charge is 0.339 e. The molecule has 7 aromatic rings. The normalized spacial score (nSPS) is 21.2. The SMILES string of the molecule is C#Cc1ccc(C#Cc2ccc(C#CC3(OC(=O)c4ccc(OC(=O)C5CCC(C(=O)OCCCCOC(=O)C=C)CC5)c(C#C)c4)CCC(C4CCC(CCCCC)CC4)CC3)cc2)cc1.C#Cc1ccc(C#Cc2ccc(C#CC3(OC(=O)c4ccc(OC(=O)C5CCC(C(=O)OCCCCOC(=O)C=C)CC5)cc4)CCC(c4ccc(OC(=O)C5CCC(C(=O)OCOC(=O)C=C)CC5)cc4)CC3)cc2)cc1. The van der Waals surface area contributed by atoms with Crippen LogP contribution in [0.4, 0.5) is 0 Å². The summed E-state index contributed by atoms with van der Waals surface area (Å²) in [6.07, 6.45) is 43.8. The van der Waals surface area contributed by atoms with E-state index in [4.69, 9.17) is 71.4 Å². The maximum absolute atomic E-state index is 14.1. The zero-order chi connectivity index (χ0) is 103. The molecule has 0 N–H and O–H groups in total. The van der Waals surface area contributed by atoms with E-state index in [0.29, 0.717) is 159 Å². The molecule has 13 rings (SSSR count). The third kappa shape index (κ3) is 34.0. The first-order chi connectivity index (χ1) is 70.4. The summed E-state index contributed by atoms with van der Waals surface area (Å²) in [5.41, 5.74) is 6.18. The van der Waals surface area contributed by atoms with Crippen molar-refractivity contribution < 1.29 is 105 Å². The number of unbranched alkanes of at least 4 members (excludes halogenated alkanes) is 4. The maximum atomic E-state index is 14.1. The second-order valence-electron chi connectivity index (χ2n) is 37.9. The van der Waals surface area contributed by atoms with Gasteiger partial charge in [0.1, 0.15) is 17.2 Å². The highest BCUT2D eigenvalue weighted by Gasteiger charge is 2.43. The Labute approximate surface area is 851 Å². The summed E-state index contributed by atoms with van der Waals surface area (Å²) in [7, 11) is 0. The zero-order valence-corrected chi connectivity index (χ0v) is 82.6. The number of esters is 11. The standard InChI is InChI=1S/C64H62O14.C59H64O8/c1-4-44-9-11-45(12-10-44)13-14-46-15-17-47(18-16-46)35-38-64(39-36-49(37-40-64)48-27-31-55(32-28-48)76-61(69)53-25-21-51(22-26-53)60(68)75-43-74-58(66)6-3)78-63(71)54-29-33-56(34-30-54)77-62(70)52-23-19-50(20-24-52)59(67)73-42-8-7-41-72-57(65)5-2;1-5-9-10-13-44-24-26-49(27-25-44)50-35-38-59(39-36-50,37-34-47-22-20-46(21-23-47)19-18-45-16-14-43(6-2)15-17-45)67-58(63)53-32-33-54(48(7-3)42-53)66-57(62)52-30-28-51(29-31-52)56(61)65-41-12-11-40-64-55(60)8-4/h1,5-6,9-12,15-18,27-34,49-53H,2-3,7-8,19-26,36-37,39-43H2;2-3,8,14-17,20-23,32-33,42,44,49-52H,4-5,9-13,24-31,35-36,38-41H2,1H3. The van der Waals surface area contributed by atoms with Crippen molar-refractivity contribution in [2.75, 3.05) is 33.2 Å². The van der Waals surface area contributed by atoms with Crippen LogP contribution in [0.25, 0.3) is 0 Å². The third-order valence-electron chi connectivity index (χ3n) is 28.0. The molecule has 750 valence electrons. The molecule has 6 aliphatic rings. The molecule has 0 amide bonds. The summed E-state index contributed by atoms with van der Waals surface area (Å²) in [4.78, 5) is 139. The molecule has 7 aromatic carbocycles. The van der Waals surface area contributed by atoms with Crippen LogP contribution in [0.1, 0.15) is 295 Å². The lowest BCUT2D eigenvalue weighted by molar-refractivity contribution is -0.169. The van der Waals surface area contributed by atoms with Crippen molar-refractivity contribution in [3.05, 3.63) is 269 Å². The minimum atomic E-state index is -1.13. The molecule has 22 nitrogen and oxygen atoms in total. The summed E-state index contributed by atoms with van der Waals surface area (Å²) in [6.45, 7) is 12.7. The van der Waals surface area contributed by atoms with Crippen LogP contribution in [0.2, 0.25) is 0 Å². The minimum absolute atomic E-state index is 0.107. The van der Waals surface area contributed by atoms with Gasteiger partial charge in [-0.15, -0.1) is 19.3 Å². The van der Waals surface area contributed by atoms with Crippen molar-refractivity contribution in [3.8, 4) is 102 Å². The van der Waals surface area contributed by atoms with Gasteiger partial charge in [-0.3, -0.25) is 28.8 Å². The van der Waals surface area contributed by atoms with Crippen LogP contribution >= 0.6 is 0 Å². The fraction of sp³-hybridized carbons (Fsp3) is 0.407. The van der Waals surface area contributed by atoms with Crippen LogP contribution in [0, 0.1) is 138 Å². The molecule has 0 aliphatic heterocycles. The predicted molar refractivity (Wildman–Crippen MR) is 547 cm³/mol.